The maximum atomic E-state index is 5.35. The molecule has 0 aromatic carbocycles. The van der Waals surface area contributed by atoms with Crippen molar-refractivity contribution in [1.82, 2.24) is 18.2 Å². The second-order valence-corrected chi connectivity index (χ2v) is 12.2. The minimum absolute atomic E-state index is 0.980. The van der Waals surface area contributed by atoms with Gasteiger partial charge in [-0.05, 0) is 0 Å². The molecule has 0 amide bonds. The van der Waals surface area contributed by atoms with Crippen LogP contribution in [0.5, 0.6) is 0 Å². The fraction of sp³-hybridized carbons (Fsp3) is 0.444. The van der Waals surface area contributed by atoms with Gasteiger partial charge in [0.05, 0.1) is 0 Å². The quantitative estimate of drug-likeness (QED) is 0.261. The number of aromatic amines is 1. The summed E-state index contributed by atoms with van der Waals surface area (Å²) in [5, 5.41) is 0. The molecule has 3 aromatic rings. The predicted octanol–water partition coefficient (Wildman–Crippen LogP) is 9.43. The molecule has 5 heterocycles. The van der Waals surface area contributed by atoms with Gasteiger partial charge in [0.1, 0.15) is 0 Å². The van der Waals surface area contributed by atoms with Crippen molar-refractivity contribution in [1.29, 1.82) is 0 Å². The summed E-state index contributed by atoms with van der Waals surface area (Å²) in [4.78, 5) is 14.5. The minimum atomic E-state index is 0.980. The molecular weight excluding hydrogens is 558 g/mol. The van der Waals surface area contributed by atoms with Gasteiger partial charge < -0.3 is 0 Å². The van der Waals surface area contributed by atoms with E-state index in [1.54, 1.807) is 18.8 Å². The average Bonchev–Trinajstić information content (AvgIpc) is 3.67. The number of nitrogens with zero attached hydrogens (tertiary/aromatic N) is 3. The molecule has 0 atom stereocenters. The first-order chi connectivity index (χ1) is 19.9. The van der Waals surface area contributed by atoms with Gasteiger partial charge in [-0.15, -0.1) is 0 Å². The third-order valence-corrected chi connectivity index (χ3v) is 10.3. The van der Waals surface area contributed by atoms with Crippen LogP contribution in [0, 0.1) is 0 Å². The molecule has 8 bridgehead atoms. The summed E-state index contributed by atoms with van der Waals surface area (Å²) in [5.41, 5.74) is 20.7. The Bertz CT molecular complexity index is 1600. The number of H-pyrrole nitrogens is 1. The normalized spacial score (nSPS) is 13.6. The Kier molecular flexibility index (Phi) is 8.86. The molecule has 0 aliphatic carbocycles. The summed E-state index contributed by atoms with van der Waals surface area (Å²) in [6.45, 7) is 18.2. The van der Waals surface area contributed by atoms with E-state index in [0.29, 0.717) is 0 Å². The van der Waals surface area contributed by atoms with Gasteiger partial charge in [-0.2, -0.15) is 0 Å². The monoisotopic (exact) mass is 602 g/mol. The van der Waals surface area contributed by atoms with Gasteiger partial charge >= 0.3 is 257 Å². The predicted molar refractivity (Wildman–Crippen MR) is 178 cm³/mol. The number of rotatable bonds is 8. The maximum absolute atomic E-state index is 5.35. The zero-order valence-corrected chi connectivity index (χ0v) is 28.8. The molecule has 0 saturated carbocycles. The van der Waals surface area contributed by atoms with Crippen molar-refractivity contribution in [3.8, 4) is 0 Å². The molecule has 2 aliphatic heterocycles. The molecular formula is C36H45GaN4. The van der Waals surface area contributed by atoms with E-state index in [-0.39, 0.29) is 0 Å². The van der Waals surface area contributed by atoms with Crippen molar-refractivity contribution >= 4 is 63.2 Å². The summed E-state index contributed by atoms with van der Waals surface area (Å²) < 4.78 is 2.46. The zero-order valence-electron chi connectivity index (χ0n) is 26.4. The Morgan fingerprint density at radius 2 is 0.805 bits per heavy atom. The van der Waals surface area contributed by atoms with Crippen LogP contribution in [0.4, 0.5) is 0 Å². The van der Waals surface area contributed by atoms with Crippen LogP contribution < -0.4 is 0 Å². The molecule has 0 saturated heterocycles. The van der Waals surface area contributed by atoms with Gasteiger partial charge in [-0.25, -0.2) is 0 Å². The van der Waals surface area contributed by atoms with Crippen molar-refractivity contribution in [3.63, 3.8) is 0 Å². The first kappa shape index (κ1) is 29.7. The SMILES string of the molecule is CCC1=C(CC)c2cc3c(CC)c(CC)c(cc4nc(cc5[nH]c(cc1n2)c(CC)c5CC)C(CC)=C4CC)[n]3[Ga]. The van der Waals surface area contributed by atoms with Crippen molar-refractivity contribution in [2.24, 2.45) is 0 Å². The Hall–Kier alpha value is -2.76. The van der Waals surface area contributed by atoms with E-state index in [2.05, 4.69) is 87.9 Å². The molecule has 4 nitrogen and oxygen atoms in total. The van der Waals surface area contributed by atoms with Crippen molar-refractivity contribution in [2.45, 2.75) is 107 Å². The van der Waals surface area contributed by atoms with E-state index in [1.807, 2.05) is 0 Å². The topological polar surface area (TPSA) is 46.5 Å². The zero-order chi connectivity index (χ0) is 29.4. The van der Waals surface area contributed by atoms with Crippen molar-refractivity contribution < 1.29 is 0 Å². The molecule has 0 fully saturated rings. The van der Waals surface area contributed by atoms with Crippen LogP contribution in [0.1, 0.15) is 126 Å². The van der Waals surface area contributed by atoms with Crippen molar-refractivity contribution in [2.75, 3.05) is 0 Å². The first-order valence-electron chi connectivity index (χ1n) is 15.9. The molecule has 5 heteroatoms. The van der Waals surface area contributed by atoms with E-state index in [9.17, 15) is 0 Å². The van der Waals surface area contributed by atoms with Crippen LogP contribution in [0.25, 0.3) is 44.4 Å². The molecule has 3 aromatic heterocycles. The molecule has 1 N–H and O–H groups in total. The number of hydrogen-bond donors (Lipinski definition) is 1. The van der Waals surface area contributed by atoms with Gasteiger partial charge in [-0.1, -0.05) is 0 Å². The summed E-state index contributed by atoms with van der Waals surface area (Å²) >= 11 is 1.63. The van der Waals surface area contributed by atoms with Crippen LogP contribution >= 0.6 is 0 Å². The third-order valence-electron chi connectivity index (χ3n) is 9.17. The molecule has 2 radical (unpaired) electrons. The van der Waals surface area contributed by atoms with E-state index in [4.69, 9.17) is 9.97 Å². The van der Waals surface area contributed by atoms with Crippen LogP contribution in [0.15, 0.2) is 24.3 Å². The van der Waals surface area contributed by atoms with Crippen LogP contribution in [-0.4, -0.2) is 37.1 Å². The second kappa shape index (κ2) is 12.2. The Morgan fingerprint density at radius 3 is 1.10 bits per heavy atom. The Labute approximate surface area is 256 Å². The van der Waals surface area contributed by atoms with E-state index in [0.717, 1.165) is 74.1 Å². The summed E-state index contributed by atoms with van der Waals surface area (Å²) in [7, 11) is 0. The van der Waals surface area contributed by atoms with E-state index >= 15 is 0 Å². The van der Waals surface area contributed by atoms with Gasteiger partial charge in [0.25, 0.3) is 0 Å². The molecule has 5 rings (SSSR count). The summed E-state index contributed by atoms with van der Waals surface area (Å²) in [6.07, 6.45) is 7.92. The fourth-order valence-corrected chi connectivity index (χ4v) is 8.21. The fourth-order valence-electron chi connectivity index (χ4n) is 7.24. The standard InChI is InChI=1S/C36H45N4.Ga/c1-9-21-22(10-2)30-18-32-25(13-5)26(14-6)34(39-32)20-36-28(16-8)27(15-7)35(40-36)19-33-24(12-4)23(11-3)31(38-33)17-29(21)37-30;/h17-20,37H,9-16H2,1-8H3;/q-1;+1. The van der Waals surface area contributed by atoms with E-state index < -0.39 is 0 Å². The van der Waals surface area contributed by atoms with Gasteiger partial charge in [0.2, 0.25) is 0 Å². The number of aryl methyl sites for hydroxylation is 4. The van der Waals surface area contributed by atoms with Gasteiger partial charge in [0.15, 0.2) is 0 Å². The molecule has 212 valence electrons. The molecule has 0 unspecified atom stereocenters. The third kappa shape index (κ3) is 4.89. The molecule has 0 spiro atoms. The van der Waals surface area contributed by atoms with Crippen molar-refractivity contribution in [3.05, 3.63) is 69.3 Å². The summed E-state index contributed by atoms with van der Waals surface area (Å²) in [6, 6.07) is 9.41. The summed E-state index contributed by atoms with van der Waals surface area (Å²) in [5.74, 6) is 0. The number of hydrogen-bond acceptors (Lipinski definition) is 2. The first-order valence-corrected chi connectivity index (χ1v) is 17.0. The van der Waals surface area contributed by atoms with Crippen LogP contribution in [-0.2, 0) is 25.7 Å². The molecule has 2 aliphatic rings. The van der Waals surface area contributed by atoms with Gasteiger partial charge in [-0.3, -0.25) is 0 Å². The number of aromatic nitrogens is 4. The van der Waals surface area contributed by atoms with Gasteiger partial charge in [0, 0.05) is 0 Å². The number of nitrogens with one attached hydrogen (secondary N) is 1. The Morgan fingerprint density at radius 1 is 0.488 bits per heavy atom. The number of allylic oxidation sites excluding steroid dienone is 4. The van der Waals surface area contributed by atoms with Crippen LogP contribution in [0.2, 0.25) is 0 Å². The molecule has 41 heavy (non-hydrogen) atoms. The number of fused-ring (bicyclic) bond motifs is 8. The van der Waals surface area contributed by atoms with E-state index in [1.165, 1.54) is 66.6 Å². The average molecular weight is 604 g/mol. The Balaban J connectivity index is 2.07. The second-order valence-electron chi connectivity index (χ2n) is 11.1. The van der Waals surface area contributed by atoms with Crippen LogP contribution in [0.3, 0.4) is 0 Å².